The summed E-state index contributed by atoms with van der Waals surface area (Å²) in [5.74, 6) is 0.483. The normalized spacial score (nSPS) is 22.4. The fourth-order valence-corrected chi connectivity index (χ4v) is 3.54. The molecule has 4 nitrogen and oxygen atoms in total. The van der Waals surface area contributed by atoms with Gasteiger partial charge in [-0.25, -0.2) is 4.99 Å². The Balaban J connectivity index is 1.80. The molecule has 0 aromatic heterocycles. The molecule has 2 heterocycles. The van der Waals surface area contributed by atoms with Crippen molar-refractivity contribution in [1.82, 2.24) is 10.2 Å². The monoisotopic (exact) mass is 330 g/mol. The summed E-state index contributed by atoms with van der Waals surface area (Å²) in [4.78, 5) is 7.01. The average Bonchev–Trinajstić information content (AvgIpc) is 2.63. The topological polar surface area (TPSA) is 53.6 Å². The summed E-state index contributed by atoms with van der Waals surface area (Å²) in [6, 6.07) is 20.7. The van der Waals surface area contributed by atoms with E-state index in [1.54, 1.807) is 0 Å². The molecule has 0 spiro atoms. The standard InChI is InChI=1S/C21H22N4/c1-25-13-17(12-15-8-4-2-5-9-15)20-18(14-25)19(23-21(22)24-20)16-10-6-3-7-11-16/h2-12,19H,13-14H2,1H3,(H3,22,23,24)/b17-12-. The van der Waals surface area contributed by atoms with E-state index in [4.69, 9.17) is 5.73 Å². The Morgan fingerprint density at radius 1 is 1.04 bits per heavy atom. The molecule has 2 aromatic carbocycles. The van der Waals surface area contributed by atoms with Crippen molar-refractivity contribution in [2.75, 3.05) is 20.1 Å². The van der Waals surface area contributed by atoms with Crippen LogP contribution in [0.25, 0.3) is 6.08 Å². The van der Waals surface area contributed by atoms with Gasteiger partial charge in [0.25, 0.3) is 0 Å². The van der Waals surface area contributed by atoms with Crippen molar-refractivity contribution in [3.8, 4) is 0 Å². The van der Waals surface area contributed by atoms with Crippen molar-refractivity contribution in [3.05, 3.63) is 88.6 Å². The highest BCUT2D eigenvalue weighted by molar-refractivity contribution is 5.84. The molecule has 0 aliphatic carbocycles. The van der Waals surface area contributed by atoms with Crippen LogP contribution in [0.2, 0.25) is 0 Å². The van der Waals surface area contributed by atoms with Gasteiger partial charge in [-0.3, -0.25) is 4.90 Å². The molecule has 4 heteroatoms. The van der Waals surface area contributed by atoms with Crippen molar-refractivity contribution in [3.63, 3.8) is 0 Å². The van der Waals surface area contributed by atoms with Crippen molar-refractivity contribution < 1.29 is 0 Å². The zero-order chi connectivity index (χ0) is 17.2. The summed E-state index contributed by atoms with van der Waals surface area (Å²) >= 11 is 0. The first-order valence-electron chi connectivity index (χ1n) is 8.53. The number of nitrogens with zero attached hydrogens (tertiary/aromatic N) is 2. The fraction of sp³-hybridized carbons (Fsp3) is 0.190. The van der Waals surface area contributed by atoms with Gasteiger partial charge in [0.2, 0.25) is 0 Å². The lowest BCUT2D eigenvalue weighted by Gasteiger charge is -2.36. The quantitative estimate of drug-likeness (QED) is 0.890. The second-order valence-electron chi connectivity index (χ2n) is 6.61. The highest BCUT2D eigenvalue weighted by atomic mass is 15.2. The Morgan fingerprint density at radius 2 is 1.72 bits per heavy atom. The minimum absolute atomic E-state index is 0.0284. The molecule has 2 aliphatic heterocycles. The zero-order valence-corrected chi connectivity index (χ0v) is 14.3. The summed E-state index contributed by atoms with van der Waals surface area (Å²) in [7, 11) is 2.15. The molecule has 1 atom stereocenters. The predicted molar refractivity (Wildman–Crippen MR) is 103 cm³/mol. The molecule has 4 rings (SSSR count). The van der Waals surface area contributed by atoms with E-state index < -0.39 is 0 Å². The van der Waals surface area contributed by atoms with Crippen molar-refractivity contribution in [2.24, 2.45) is 10.7 Å². The number of guanidine groups is 1. The molecule has 25 heavy (non-hydrogen) atoms. The van der Waals surface area contributed by atoms with Crippen molar-refractivity contribution in [1.29, 1.82) is 0 Å². The van der Waals surface area contributed by atoms with Crippen LogP contribution in [0.3, 0.4) is 0 Å². The number of nitrogens with one attached hydrogen (secondary N) is 1. The molecule has 1 unspecified atom stereocenters. The van der Waals surface area contributed by atoms with Crippen LogP contribution in [0.4, 0.5) is 0 Å². The molecule has 0 bridgehead atoms. The third kappa shape index (κ3) is 3.21. The van der Waals surface area contributed by atoms with Gasteiger partial charge in [-0.1, -0.05) is 60.7 Å². The van der Waals surface area contributed by atoms with E-state index in [9.17, 15) is 0 Å². The second-order valence-corrected chi connectivity index (χ2v) is 6.61. The van der Waals surface area contributed by atoms with E-state index in [2.05, 4.69) is 76.9 Å². The first-order chi connectivity index (χ1) is 12.2. The lowest BCUT2D eigenvalue weighted by Crippen LogP contribution is -2.43. The Kier molecular flexibility index (Phi) is 4.12. The van der Waals surface area contributed by atoms with Gasteiger partial charge in [-0.15, -0.1) is 0 Å². The molecule has 2 aliphatic rings. The average molecular weight is 330 g/mol. The SMILES string of the molecule is CN1CC2=C(NC(N)=NC2c2ccccc2)/C(=C\c2ccccc2)C1. The molecule has 0 saturated carbocycles. The van der Waals surface area contributed by atoms with Crippen LogP contribution >= 0.6 is 0 Å². The summed E-state index contributed by atoms with van der Waals surface area (Å²) < 4.78 is 0. The van der Waals surface area contributed by atoms with Crippen LogP contribution in [0.1, 0.15) is 17.2 Å². The number of hydrogen-bond acceptors (Lipinski definition) is 4. The van der Waals surface area contributed by atoms with Gasteiger partial charge >= 0.3 is 0 Å². The largest absolute Gasteiger partial charge is 0.370 e. The van der Waals surface area contributed by atoms with Crippen LogP contribution in [0.15, 0.2) is 82.5 Å². The molecule has 2 aromatic rings. The van der Waals surface area contributed by atoms with Gasteiger partial charge in [0, 0.05) is 18.8 Å². The minimum atomic E-state index is -0.0284. The minimum Gasteiger partial charge on any atom is -0.370 e. The van der Waals surface area contributed by atoms with E-state index in [0.29, 0.717) is 5.96 Å². The van der Waals surface area contributed by atoms with Gasteiger partial charge in [0.05, 0.1) is 0 Å². The van der Waals surface area contributed by atoms with Gasteiger partial charge in [0.1, 0.15) is 6.04 Å². The third-order valence-electron chi connectivity index (χ3n) is 4.63. The van der Waals surface area contributed by atoms with E-state index >= 15 is 0 Å². The summed E-state index contributed by atoms with van der Waals surface area (Å²) in [5, 5.41) is 3.32. The number of rotatable bonds is 2. The van der Waals surface area contributed by atoms with E-state index in [-0.39, 0.29) is 6.04 Å². The molecule has 3 N–H and O–H groups in total. The maximum absolute atomic E-state index is 6.12. The van der Waals surface area contributed by atoms with Gasteiger partial charge < -0.3 is 11.1 Å². The zero-order valence-electron chi connectivity index (χ0n) is 14.3. The Hall–Kier alpha value is -2.85. The number of likely N-dealkylation sites (N-methyl/N-ethyl adjacent to an activating group) is 1. The van der Waals surface area contributed by atoms with Gasteiger partial charge in [-0.2, -0.15) is 0 Å². The first-order valence-corrected chi connectivity index (χ1v) is 8.53. The Morgan fingerprint density at radius 3 is 2.44 bits per heavy atom. The number of nitrogens with two attached hydrogens (primary N) is 1. The summed E-state index contributed by atoms with van der Waals surface area (Å²) in [6.45, 7) is 1.76. The maximum Gasteiger partial charge on any atom is 0.194 e. The summed E-state index contributed by atoms with van der Waals surface area (Å²) in [5.41, 5.74) is 12.1. The van der Waals surface area contributed by atoms with Gasteiger partial charge in [-0.05, 0) is 35.4 Å². The first kappa shape index (κ1) is 15.7. The van der Waals surface area contributed by atoms with E-state index in [1.165, 1.54) is 22.3 Å². The molecule has 126 valence electrons. The number of hydrogen-bond donors (Lipinski definition) is 2. The van der Waals surface area contributed by atoms with E-state index in [1.807, 2.05) is 12.1 Å². The highest BCUT2D eigenvalue weighted by Gasteiger charge is 2.30. The van der Waals surface area contributed by atoms with Crippen molar-refractivity contribution in [2.45, 2.75) is 6.04 Å². The molecule has 0 amide bonds. The molecular formula is C21H22N4. The maximum atomic E-state index is 6.12. The smallest absolute Gasteiger partial charge is 0.194 e. The third-order valence-corrected chi connectivity index (χ3v) is 4.63. The lowest BCUT2D eigenvalue weighted by atomic mass is 9.90. The molecule has 0 fully saturated rings. The van der Waals surface area contributed by atoms with Crippen LogP contribution in [0.5, 0.6) is 0 Å². The van der Waals surface area contributed by atoms with Crippen LogP contribution in [0, 0.1) is 0 Å². The van der Waals surface area contributed by atoms with Crippen molar-refractivity contribution >= 4 is 12.0 Å². The number of aliphatic imine (C=N–C) groups is 1. The molecule has 0 radical (unpaired) electrons. The predicted octanol–water partition coefficient (Wildman–Crippen LogP) is 2.93. The Labute approximate surface area is 148 Å². The molecular weight excluding hydrogens is 308 g/mol. The lowest BCUT2D eigenvalue weighted by molar-refractivity contribution is 0.368. The second kappa shape index (κ2) is 6.57. The highest BCUT2D eigenvalue weighted by Crippen LogP contribution is 2.35. The summed E-state index contributed by atoms with van der Waals surface area (Å²) in [6.07, 6.45) is 2.23. The molecule has 0 saturated heterocycles. The Bertz CT molecular complexity index is 850. The van der Waals surface area contributed by atoms with Crippen LogP contribution < -0.4 is 11.1 Å². The van der Waals surface area contributed by atoms with Crippen LogP contribution in [-0.4, -0.2) is 31.0 Å². The van der Waals surface area contributed by atoms with Gasteiger partial charge in [0.15, 0.2) is 5.96 Å². The van der Waals surface area contributed by atoms with Crippen LogP contribution in [-0.2, 0) is 0 Å². The van der Waals surface area contributed by atoms with E-state index in [0.717, 1.165) is 18.8 Å². The number of benzene rings is 2. The fourth-order valence-electron chi connectivity index (χ4n) is 3.54.